The van der Waals surface area contributed by atoms with Gasteiger partial charge in [-0.1, -0.05) is 29.8 Å². The topological polar surface area (TPSA) is 59.1 Å². The molecule has 2 amide bonds. The number of hydrogen-bond donors (Lipinski definition) is 0. The van der Waals surface area contributed by atoms with Gasteiger partial charge in [0.15, 0.2) is 6.61 Å². The lowest BCUT2D eigenvalue weighted by molar-refractivity contribution is -0.142. The van der Waals surface area contributed by atoms with Crippen molar-refractivity contribution in [3.63, 3.8) is 0 Å². The molecule has 0 saturated heterocycles. The Balaban J connectivity index is 1.68. The number of methoxy groups -OCH3 is 1. The lowest BCUT2D eigenvalue weighted by Crippen LogP contribution is -2.45. The van der Waals surface area contributed by atoms with E-state index in [1.54, 1.807) is 52.6 Å². The summed E-state index contributed by atoms with van der Waals surface area (Å²) in [6.45, 7) is 0.865. The molecular weight excluding hydrogens is 479 g/mol. The van der Waals surface area contributed by atoms with E-state index in [1.807, 2.05) is 17.5 Å². The minimum absolute atomic E-state index is 0.126. The Labute approximate surface area is 207 Å². The Bertz CT molecular complexity index is 1050. The average molecular weight is 505 g/mol. The van der Waals surface area contributed by atoms with Crippen LogP contribution in [0, 0.1) is 5.82 Å². The molecule has 6 nitrogen and oxygen atoms in total. The fourth-order valence-corrected chi connectivity index (χ4v) is 4.00. The summed E-state index contributed by atoms with van der Waals surface area (Å²) in [6.07, 6.45) is 0. The van der Waals surface area contributed by atoms with Gasteiger partial charge >= 0.3 is 0 Å². The first kappa shape index (κ1) is 25.7. The van der Waals surface area contributed by atoms with E-state index < -0.39 is 0 Å². The Kier molecular flexibility index (Phi) is 9.88. The SMILES string of the molecule is COCCN(CC(=O)N(Cc1ccc(F)cc1)Cc1cccs1)C(=O)COc1ccc(Cl)cc1. The molecule has 180 valence electrons. The Morgan fingerprint density at radius 1 is 0.971 bits per heavy atom. The van der Waals surface area contributed by atoms with Crippen molar-refractivity contribution >= 4 is 34.8 Å². The van der Waals surface area contributed by atoms with Gasteiger partial charge in [0, 0.05) is 30.1 Å². The van der Waals surface area contributed by atoms with E-state index in [0.29, 0.717) is 23.9 Å². The quantitative estimate of drug-likeness (QED) is 0.361. The maximum absolute atomic E-state index is 13.3. The molecule has 0 aliphatic carbocycles. The van der Waals surface area contributed by atoms with Gasteiger partial charge in [-0.3, -0.25) is 9.59 Å². The molecule has 1 aromatic heterocycles. The highest BCUT2D eigenvalue weighted by Crippen LogP contribution is 2.17. The van der Waals surface area contributed by atoms with Gasteiger partial charge in [-0.05, 0) is 53.4 Å². The van der Waals surface area contributed by atoms with Crippen LogP contribution in [-0.2, 0) is 27.4 Å². The van der Waals surface area contributed by atoms with Crippen molar-refractivity contribution in [1.29, 1.82) is 0 Å². The van der Waals surface area contributed by atoms with E-state index in [2.05, 4.69) is 0 Å². The zero-order chi connectivity index (χ0) is 24.3. The molecule has 0 atom stereocenters. The van der Waals surface area contributed by atoms with Crippen LogP contribution >= 0.6 is 22.9 Å². The number of hydrogen-bond acceptors (Lipinski definition) is 5. The van der Waals surface area contributed by atoms with Crippen molar-refractivity contribution in [1.82, 2.24) is 9.80 Å². The molecule has 0 aliphatic heterocycles. The second-order valence-electron chi connectivity index (χ2n) is 7.51. The minimum atomic E-state index is -0.336. The summed E-state index contributed by atoms with van der Waals surface area (Å²) in [4.78, 5) is 30.3. The normalized spacial score (nSPS) is 10.7. The largest absolute Gasteiger partial charge is 0.484 e. The number of halogens is 2. The van der Waals surface area contributed by atoms with E-state index in [9.17, 15) is 14.0 Å². The molecule has 1 heterocycles. The fourth-order valence-electron chi connectivity index (χ4n) is 3.16. The molecule has 0 aliphatic rings. The number of thiophene rings is 1. The van der Waals surface area contributed by atoms with Crippen LogP contribution in [0.5, 0.6) is 5.75 Å². The van der Waals surface area contributed by atoms with E-state index >= 15 is 0 Å². The first-order chi connectivity index (χ1) is 16.4. The standard InChI is InChI=1S/C25H26ClFN2O4S/c1-32-13-12-28(25(31)18-33-22-10-6-20(26)7-11-22)17-24(30)29(16-23-3-2-14-34-23)15-19-4-8-21(27)9-5-19/h2-11,14H,12-13,15-18H2,1H3. The van der Waals surface area contributed by atoms with Crippen molar-refractivity contribution < 1.29 is 23.5 Å². The van der Waals surface area contributed by atoms with Crippen molar-refractivity contribution in [2.45, 2.75) is 13.1 Å². The third-order valence-electron chi connectivity index (χ3n) is 4.99. The van der Waals surface area contributed by atoms with Crippen LogP contribution in [0.3, 0.4) is 0 Å². The van der Waals surface area contributed by atoms with Crippen molar-refractivity contribution in [3.8, 4) is 5.75 Å². The third-order valence-corrected chi connectivity index (χ3v) is 6.10. The molecular formula is C25H26ClFN2O4S. The molecule has 9 heteroatoms. The summed E-state index contributed by atoms with van der Waals surface area (Å²) in [5.74, 6) is -0.393. The van der Waals surface area contributed by atoms with Crippen LogP contribution < -0.4 is 4.74 Å². The molecule has 0 saturated carbocycles. The number of nitrogens with zero attached hydrogens (tertiary/aromatic N) is 2. The number of benzene rings is 2. The number of amides is 2. The van der Waals surface area contributed by atoms with Crippen molar-refractivity contribution in [2.24, 2.45) is 0 Å². The molecule has 0 spiro atoms. The smallest absolute Gasteiger partial charge is 0.261 e. The predicted molar refractivity (Wildman–Crippen MR) is 130 cm³/mol. The molecule has 0 fully saturated rings. The molecule has 0 radical (unpaired) electrons. The van der Waals surface area contributed by atoms with Gasteiger partial charge in [0.1, 0.15) is 11.6 Å². The summed E-state index contributed by atoms with van der Waals surface area (Å²) in [5.41, 5.74) is 0.798. The first-order valence-electron chi connectivity index (χ1n) is 10.6. The van der Waals surface area contributed by atoms with Gasteiger partial charge in [0.05, 0.1) is 19.7 Å². The Morgan fingerprint density at radius 2 is 1.71 bits per heavy atom. The molecule has 34 heavy (non-hydrogen) atoms. The molecule has 3 aromatic rings. The van der Waals surface area contributed by atoms with Gasteiger partial charge in [-0.2, -0.15) is 0 Å². The van der Waals surface area contributed by atoms with Crippen molar-refractivity contribution in [2.75, 3.05) is 33.4 Å². The molecule has 0 bridgehead atoms. The van der Waals surface area contributed by atoms with Gasteiger partial charge < -0.3 is 19.3 Å². The Hall–Kier alpha value is -2.94. The average Bonchev–Trinajstić information content (AvgIpc) is 3.35. The number of ether oxygens (including phenoxy) is 2. The van der Waals surface area contributed by atoms with Crippen LogP contribution in [0.25, 0.3) is 0 Å². The van der Waals surface area contributed by atoms with E-state index in [4.69, 9.17) is 21.1 Å². The summed E-state index contributed by atoms with van der Waals surface area (Å²) in [5, 5.41) is 2.51. The Morgan fingerprint density at radius 3 is 2.35 bits per heavy atom. The van der Waals surface area contributed by atoms with Gasteiger partial charge in [0.2, 0.25) is 5.91 Å². The second-order valence-corrected chi connectivity index (χ2v) is 8.97. The molecule has 0 N–H and O–H groups in total. The lowest BCUT2D eigenvalue weighted by Gasteiger charge is -2.27. The highest BCUT2D eigenvalue weighted by Gasteiger charge is 2.22. The summed E-state index contributed by atoms with van der Waals surface area (Å²) >= 11 is 7.42. The van der Waals surface area contributed by atoms with Crippen LogP contribution in [-0.4, -0.2) is 55.0 Å². The van der Waals surface area contributed by atoms with Crippen LogP contribution in [0.15, 0.2) is 66.0 Å². The summed E-state index contributed by atoms with van der Waals surface area (Å²) < 4.78 is 24.0. The monoisotopic (exact) mass is 504 g/mol. The third kappa shape index (κ3) is 8.13. The zero-order valence-corrected chi connectivity index (χ0v) is 20.4. The summed E-state index contributed by atoms with van der Waals surface area (Å²) in [6, 6.07) is 16.6. The van der Waals surface area contributed by atoms with E-state index in [-0.39, 0.29) is 43.9 Å². The first-order valence-corrected chi connectivity index (χ1v) is 11.9. The van der Waals surface area contributed by atoms with Crippen LogP contribution in [0.1, 0.15) is 10.4 Å². The summed E-state index contributed by atoms with van der Waals surface area (Å²) in [7, 11) is 1.53. The second kappa shape index (κ2) is 13.1. The fraction of sp³-hybridized carbons (Fsp3) is 0.280. The van der Waals surface area contributed by atoms with E-state index in [0.717, 1.165) is 10.4 Å². The number of carbonyl (C=O) groups excluding carboxylic acids is 2. The molecule has 0 unspecified atom stereocenters. The highest BCUT2D eigenvalue weighted by molar-refractivity contribution is 7.09. The maximum Gasteiger partial charge on any atom is 0.261 e. The number of rotatable bonds is 12. The van der Waals surface area contributed by atoms with Crippen molar-refractivity contribution in [3.05, 3.63) is 87.3 Å². The van der Waals surface area contributed by atoms with E-state index in [1.165, 1.54) is 24.1 Å². The number of carbonyl (C=O) groups is 2. The van der Waals surface area contributed by atoms with Gasteiger partial charge in [0.25, 0.3) is 5.91 Å². The molecule has 2 aromatic carbocycles. The maximum atomic E-state index is 13.3. The highest BCUT2D eigenvalue weighted by atomic mass is 35.5. The van der Waals surface area contributed by atoms with Gasteiger partial charge in [-0.15, -0.1) is 11.3 Å². The minimum Gasteiger partial charge on any atom is -0.484 e. The van der Waals surface area contributed by atoms with Crippen LogP contribution in [0.2, 0.25) is 5.02 Å². The van der Waals surface area contributed by atoms with Crippen LogP contribution in [0.4, 0.5) is 4.39 Å². The molecule has 3 rings (SSSR count). The van der Waals surface area contributed by atoms with Gasteiger partial charge in [-0.25, -0.2) is 4.39 Å². The lowest BCUT2D eigenvalue weighted by atomic mass is 10.2. The zero-order valence-electron chi connectivity index (χ0n) is 18.8. The predicted octanol–water partition coefficient (Wildman–Crippen LogP) is 4.62.